The highest BCUT2D eigenvalue weighted by Crippen LogP contribution is 2.27. The highest BCUT2D eigenvalue weighted by atomic mass is 32.1. The van der Waals surface area contributed by atoms with Crippen LogP contribution in [0.25, 0.3) is 10.2 Å². The summed E-state index contributed by atoms with van der Waals surface area (Å²) in [5.74, 6) is 0.813. The monoisotopic (exact) mass is 384 g/mol. The predicted molar refractivity (Wildman–Crippen MR) is 109 cm³/mol. The van der Waals surface area contributed by atoms with Crippen LogP contribution < -0.4 is 15.4 Å². The molecule has 0 spiro atoms. The molecule has 0 aliphatic heterocycles. The molecule has 0 aliphatic rings. The van der Waals surface area contributed by atoms with Gasteiger partial charge in [-0.2, -0.15) is 0 Å². The second-order valence-electron chi connectivity index (χ2n) is 6.36. The van der Waals surface area contributed by atoms with Crippen molar-refractivity contribution < 1.29 is 9.53 Å². The summed E-state index contributed by atoms with van der Waals surface area (Å²) in [5.41, 5.74) is 2.00. The number of methoxy groups -OCH3 is 1. The standard InChI is InChI=1S/C20H24N4O2S/c1-24(2)16(14-8-4-6-10-17(14)26-3)12-21-20(25)22-13-19-23-15-9-5-7-11-18(15)27-19/h4-11,16H,12-13H2,1-3H3,(H2,21,22,25). The Balaban J connectivity index is 1.57. The Morgan fingerprint density at radius 1 is 1.15 bits per heavy atom. The number of carbonyl (C=O) groups is 1. The summed E-state index contributed by atoms with van der Waals surface area (Å²) in [4.78, 5) is 18.8. The van der Waals surface area contributed by atoms with Crippen LogP contribution >= 0.6 is 11.3 Å². The third kappa shape index (κ3) is 4.75. The SMILES string of the molecule is COc1ccccc1C(CNC(=O)NCc1nc2ccccc2s1)N(C)C. The smallest absolute Gasteiger partial charge is 0.315 e. The lowest BCUT2D eigenvalue weighted by Gasteiger charge is -2.26. The minimum atomic E-state index is -0.212. The van der Waals surface area contributed by atoms with Crippen molar-refractivity contribution in [3.63, 3.8) is 0 Å². The Morgan fingerprint density at radius 3 is 2.63 bits per heavy atom. The highest BCUT2D eigenvalue weighted by molar-refractivity contribution is 7.18. The van der Waals surface area contributed by atoms with Gasteiger partial charge in [-0.25, -0.2) is 9.78 Å². The van der Waals surface area contributed by atoms with E-state index < -0.39 is 0 Å². The molecule has 2 amide bonds. The second kappa shape index (κ2) is 8.83. The summed E-state index contributed by atoms with van der Waals surface area (Å²) in [6.45, 7) is 0.880. The van der Waals surface area contributed by atoms with Crippen LogP contribution in [0, 0.1) is 0 Å². The second-order valence-corrected chi connectivity index (χ2v) is 7.48. The fourth-order valence-electron chi connectivity index (χ4n) is 2.92. The average molecular weight is 385 g/mol. The van der Waals surface area contributed by atoms with Gasteiger partial charge in [-0.3, -0.25) is 0 Å². The Hall–Kier alpha value is -2.64. The lowest BCUT2D eigenvalue weighted by molar-refractivity contribution is 0.231. The van der Waals surface area contributed by atoms with E-state index in [1.807, 2.05) is 62.6 Å². The lowest BCUT2D eigenvalue weighted by atomic mass is 10.0. The van der Waals surface area contributed by atoms with Crippen molar-refractivity contribution >= 4 is 27.6 Å². The Bertz CT molecular complexity index is 877. The summed E-state index contributed by atoms with van der Waals surface area (Å²) < 4.78 is 6.58. The number of aromatic nitrogens is 1. The topological polar surface area (TPSA) is 66.5 Å². The maximum absolute atomic E-state index is 12.2. The van der Waals surface area contributed by atoms with Crippen molar-refractivity contribution in [3.8, 4) is 5.75 Å². The van der Waals surface area contributed by atoms with Gasteiger partial charge in [-0.15, -0.1) is 11.3 Å². The summed E-state index contributed by atoms with van der Waals surface area (Å²) in [5, 5.41) is 6.72. The molecule has 1 aromatic heterocycles. The number of likely N-dealkylation sites (N-methyl/N-ethyl adjacent to an activating group) is 1. The quantitative estimate of drug-likeness (QED) is 0.655. The first-order valence-electron chi connectivity index (χ1n) is 8.74. The molecule has 2 N–H and O–H groups in total. The Kier molecular flexibility index (Phi) is 6.26. The third-order valence-electron chi connectivity index (χ3n) is 4.32. The summed E-state index contributed by atoms with van der Waals surface area (Å²) >= 11 is 1.59. The summed E-state index contributed by atoms with van der Waals surface area (Å²) in [6, 6.07) is 15.6. The van der Waals surface area contributed by atoms with Gasteiger partial charge in [0, 0.05) is 12.1 Å². The molecule has 7 heteroatoms. The van der Waals surface area contributed by atoms with Crippen LogP contribution in [0.1, 0.15) is 16.6 Å². The van der Waals surface area contributed by atoms with E-state index in [9.17, 15) is 4.79 Å². The molecule has 3 rings (SSSR count). The van der Waals surface area contributed by atoms with E-state index in [1.54, 1.807) is 18.4 Å². The van der Waals surface area contributed by atoms with Crippen molar-refractivity contribution in [3.05, 3.63) is 59.1 Å². The van der Waals surface area contributed by atoms with Gasteiger partial charge in [0.1, 0.15) is 10.8 Å². The molecule has 1 heterocycles. The number of ether oxygens (including phenoxy) is 1. The van der Waals surface area contributed by atoms with Crippen LogP contribution in [-0.2, 0) is 6.54 Å². The molecule has 1 unspecified atom stereocenters. The highest BCUT2D eigenvalue weighted by Gasteiger charge is 2.19. The minimum Gasteiger partial charge on any atom is -0.496 e. The van der Waals surface area contributed by atoms with Gasteiger partial charge in [-0.05, 0) is 32.3 Å². The largest absolute Gasteiger partial charge is 0.496 e. The van der Waals surface area contributed by atoms with Gasteiger partial charge in [0.15, 0.2) is 0 Å². The number of carbonyl (C=O) groups excluding carboxylic acids is 1. The van der Waals surface area contributed by atoms with Gasteiger partial charge in [0.05, 0.1) is 29.9 Å². The molecule has 0 saturated heterocycles. The molecule has 0 aliphatic carbocycles. The molecular formula is C20H24N4O2S. The number of nitrogens with zero attached hydrogens (tertiary/aromatic N) is 2. The fraction of sp³-hybridized carbons (Fsp3) is 0.300. The van der Waals surface area contributed by atoms with Gasteiger partial charge in [0.2, 0.25) is 0 Å². The molecule has 0 bridgehead atoms. The number of nitrogens with one attached hydrogen (secondary N) is 2. The van der Waals surface area contributed by atoms with E-state index in [0.29, 0.717) is 13.1 Å². The van der Waals surface area contributed by atoms with Crippen LogP contribution in [0.15, 0.2) is 48.5 Å². The number of amides is 2. The zero-order valence-corrected chi connectivity index (χ0v) is 16.5. The number of hydrogen-bond acceptors (Lipinski definition) is 5. The van der Waals surface area contributed by atoms with Gasteiger partial charge in [0.25, 0.3) is 0 Å². The number of para-hydroxylation sites is 2. The van der Waals surface area contributed by atoms with Gasteiger partial charge < -0.3 is 20.3 Å². The maximum atomic E-state index is 12.2. The molecule has 27 heavy (non-hydrogen) atoms. The van der Waals surface area contributed by atoms with Crippen molar-refractivity contribution in [1.82, 2.24) is 20.5 Å². The normalized spacial score (nSPS) is 12.1. The molecular weight excluding hydrogens is 360 g/mol. The first-order valence-corrected chi connectivity index (χ1v) is 9.55. The van der Waals surface area contributed by atoms with E-state index in [2.05, 4.69) is 20.5 Å². The zero-order chi connectivity index (χ0) is 19.2. The van der Waals surface area contributed by atoms with E-state index in [0.717, 1.165) is 26.5 Å². The van der Waals surface area contributed by atoms with Crippen LogP contribution in [0.4, 0.5) is 4.79 Å². The zero-order valence-electron chi connectivity index (χ0n) is 15.7. The van der Waals surface area contributed by atoms with Crippen LogP contribution in [0.2, 0.25) is 0 Å². The minimum absolute atomic E-state index is 0.00866. The van der Waals surface area contributed by atoms with Gasteiger partial charge >= 0.3 is 6.03 Å². The number of urea groups is 1. The number of hydrogen-bond donors (Lipinski definition) is 2. The summed E-state index contributed by atoms with van der Waals surface area (Å²) in [6.07, 6.45) is 0. The number of benzene rings is 2. The molecule has 0 saturated carbocycles. The Labute approximate surface area is 163 Å². The number of thiazole rings is 1. The van der Waals surface area contributed by atoms with E-state index >= 15 is 0 Å². The molecule has 0 radical (unpaired) electrons. The summed E-state index contributed by atoms with van der Waals surface area (Å²) in [7, 11) is 5.62. The Morgan fingerprint density at radius 2 is 1.89 bits per heavy atom. The molecule has 0 fully saturated rings. The van der Waals surface area contributed by atoms with E-state index in [4.69, 9.17) is 4.74 Å². The van der Waals surface area contributed by atoms with Crippen LogP contribution in [0.3, 0.4) is 0 Å². The van der Waals surface area contributed by atoms with Crippen molar-refractivity contribution in [2.75, 3.05) is 27.7 Å². The molecule has 3 aromatic rings. The number of fused-ring (bicyclic) bond motifs is 1. The van der Waals surface area contributed by atoms with Crippen molar-refractivity contribution in [2.45, 2.75) is 12.6 Å². The average Bonchev–Trinajstić information content (AvgIpc) is 3.09. The van der Waals surface area contributed by atoms with Crippen molar-refractivity contribution in [1.29, 1.82) is 0 Å². The van der Waals surface area contributed by atoms with Crippen LogP contribution in [-0.4, -0.2) is 43.7 Å². The van der Waals surface area contributed by atoms with E-state index in [-0.39, 0.29) is 12.1 Å². The lowest BCUT2D eigenvalue weighted by Crippen LogP contribution is -2.40. The predicted octanol–water partition coefficient (Wildman–Crippen LogP) is 3.41. The van der Waals surface area contributed by atoms with E-state index in [1.165, 1.54) is 0 Å². The molecule has 1 atom stereocenters. The maximum Gasteiger partial charge on any atom is 0.315 e. The van der Waals surface area contributed by atoms with Crippen LogP contribution in [0.5, 0.6) is 5.75 Å². The molecule has 6 nitrogen and oxygen atoms in total. The number of rotatable bonds is 7. The first kappa shape index (κ1) is 19.1. The molecule has 142 valence electrons. The van der Waals surface area contributed by atoms with Gasteiger partial charge in [-0.1, -0.05) is 30.3 Å². The third-order valence-corrected chi connectivity index (χ3v) is 5.35. The first-order chi connectivity index (χ1) is 13.1. The molecule has 2 aromatic carbocycles. The fourth-order valence-corrected chi connectivity index (χ4v) is 3.82. The van der Waals surface area contributed by atoms with Crippen molar-refractivity contribution in [2.24, 2.45) is 0 Å².